The molecule has 4 heteroatoms. The summed E-state index contributed by atoms with van der Waals surface area (Å²) >= 11 is 0. The molecule has 0 aromatic heterocycles. The molecule has 0 aromatic rings. The fourth-order valence-corrected chi connectivity index (χ4v) is 2.17. The zero-order valence-electron chi connectivity index (χ0n) is 11.9. The zero-order chi connectivity index (χ0) is 13.0. The smallest absolute Gasteiger partial charge is 0.241 e. The van der Waals surface area contributed by atoms with Crippen LogP contribution in [0.25, 0.3) is 0 Å². The number of rotatable bonds is 6. The van der Waals surface area contributed by atoms with Crippen LogP contribution in [-0.4, -0.2) is 54.1 Å². The van der Waals surface area contributed by atoms with E-state index in [4.69, 9.17) is 0 Å². The SMILES string of the molecule is CCCC1NC(C)N(CCN(C)C(C)C)C1=O. The van der Waals surface area contributed by atoms with E-state index < -0.39 is 0 Å². The van der Waals surface area contributed by atoms with Gasteiger partial charge >= 0.3 is 0 Å². The lowest BCUT2D eigenvalue weighted by Gasteiger charge is -2.26. The molecule has 0 aliphatic carbocycles. The van der Waals surface area contributed by atoms with Crippen LogP contribution in [0.4, 0.5) is 0 Å². The molecule has 1 amide bonds. The Labute approximate surface area is 105 Å². The molecule has 0 aromatic carbocycles. The summed E-state index contributed by atoms with van der Waals surface area (Å²) < 4.78 is 0. The number of nitrogens with zero attached hydrogens (tertiary/aromatic N) is 2. The first-order valence-electron chi connectivity index (χ1n) is 6.74. The van der Waals surface area contributed by atoms with Gasteiger partial charge < -0.3 is 9.80 Å². The van der Waals surface area contributed by atoms with Crippen LogP contribution in [-0.2, 0) is 4.79 Å². The Balaban J connectivity index is 2.45. The molecular formula is C13H27N3O. The van der Waals surface area contributed by atoms with E-state index in [-0.39, 0.29) is 18.1 Å². The van der Waals surface area contributed by atoms with Crippen molar-refractivity contribution in [3.05, 3.63) is 0 Å². The van der Waals surface area contributed by atoms with Crippen LogP contribution in [0, 0.1) is 0 Å². The fraction of sp³-hybridized carbons (Fsp3) is 0.923. The van der Waals surface area contributed by atoms with E-state index >= 15 is 0 Å². The van der Waals surface area contributed by atoms with Crippen molar-refractivity contribution in [2.75, 3.05) is 20.1 Å². The molecule has 0 spiro atoms. The first-order valence-corrected chi connectivity index (χ1v) is 6.74. The molecular weight excluding hydrogens is 214 g/mol. The van der Waals surface area contributed by atoms with E-state index in [1.54, 1.807) is 0 Å². The molecule has 4 nitrogen and oxygen atoms in total. The van der Waals surface area contributed by atoms with E-state index in [0.29, 0.717) is 6.04 Å². The van der Waals surface area contributed by atoms with Crippen LogP contribution in [0.3, 0.4) is 0 Å². The predicted octanol–water partition coefficient (Wildman–Crippen LogP) is 1.27. The summed E-state index contributed by atoms with van der Waals surface area (Å²) in [5.74, 6) is 0.275. The summed E-state index contributed by atoms with van der Waals surface area (Å²) in [5.41, 5.74) is 0. The molecule has 0 saturated carbocycles. The number of hydrogen-bond acceptors (Lipinski definition) is 3. The van der Waals surface area contributed by atoms with Crippen molar-refractivity contribution < 1.29 is 4.79 Å². The number of carbonyl (C=O) groups is 1. The quantitative estimate of drug-likeness (QED) is 0.761. The third-order valence-corrected chi connectivity index (χ3v) is 3.64. The molecule has 2 atom stereocenters. The summed E-state index contributed by atoms with van der Waals surface area (Å²) in [6.45, 7) is 10.3. The van der Waals surface area contributed by atoms with Crippen molar-refractivity contribution in [1.29, 1.82) is 0 Å². The second kappa shape index (κ2) is 6.36. The van der Waals surface area contributed by atoms with Crippen LogP contribution in [0.5, 0.6) is 0 Å². The molecule has 1 saturated heterocycles. The maximum atomic E-state index is 12.1. The first kappa shape index (κ1) is 14.5. The van der Waals surface area contributed by atoms with Gasteiger partial charge in [0, 0.05) is 19.1 Å². The Morgan fingerprint density at radius 1 is 1.47 bits per heavy atom. The Hall–Kier alpha value is -0.610. The Morgan fingerprint density at radius 2 is 2.12 bits per heavy atom. The van der Waals surface area contributed by atoms with Crippen molar-refractivity contribution >= 4 is 5.91 Å². The molecule has 1 aliphatic rings. The third-order valence-electron chi connectivity index (χ3n) is 3.64. The number of hydrogen-bond donors (Lipinski definition) is 1. The lowest BCUT2D eigenvalue weighted by molar-refractivity contribution is -0.130. The van der Waals surface area contributed by atoms with Crippen molar-refractivity contribution in [3.63, 3.8) is 0 Å². The molecule has 1 rings (SSSR count). The molecule has 1 aliphatic heterocycles. The maximum Gasteiger partial charge on any atom is 0.241 e. The molecule has 0 radical (unpaired) electrons. The van der Waals surface area contributed by atoms with Gasteiger partial charge in [-0.15, -0.1) is 0 Å². The standard InChI is InChI=1S/C13H27N3O/c1-6-7-12-13(17)16(11(4)14-12)9-8-15(5)10(2)3/h10-12,14H,6-9H2,1-5H3. The third kappa shape index (κ3) is 3.68. The lowest BCUT2D eigenvalue weighted by atomic mass is 10.2. The Kier molecular flexibility index (Phi) is 5.40. The van der Waals surface area contributed by atoms with Gasteiger partial charge in [0.05, 0.1) is 12.2 Å². The highest BCUT2D eigenvalue weighted by atomic mass is 16.2. The minimum Gasteiger partial charge on any atom is -0.325 e. The fourth-order valence-electron chi connectivity index (χ4n) is 2.17. The summed E-state index contributed by atoms with van der Waals surface area (Å²) in [5, 5.41) is 3.37. The molecule has 1 fully saturated rings. The number of carbonyl (C=O) groups excluding carboxylic acids is 1. The second-order valence-corrected chi connectivity index (χ2v) is 5.29. The number of likely N-dealkylation sites (N-methyl/N-ethyl adjacent to an activating group) is 1. The second-order valence-electron chi connectivity index (χ2n) is 5.29. The molecule has 17 heavy (non-hydrogen) atoms. The van der Waals surface area contributed by atoms with Gasteiger partial charge in [0.25, 0.3) is 0 Å². The highest BCUT2D eigenvalue weighted by Gasteiger charge is 2.35. The lowest BCUT2D eigenvalue weighted by Crippen LogP contribution is -2.41. The normalized spacial score (nSPS) is 25.4. The monoisotopic (exact) mass is 241 g/mol. The minimum atomic E-state index is 0.0411. The summed E-state index contributed by atoms with van der Waals surface area (Å²) in [4.78, 5) is 16.4. The van der Waals surface area contributed by atoms with Gasteiger partial charge in [0.15, 0.2) is 0 Å². The van der Waals surface area contributed by atoms with Gasteiger partial charge in [-0.1, -0.05) is 13.3 Å². The van der Waals surface area contributed by atoms with E-state index in [1.165, 1.54) is 0 Å². The van der Waals surface area contributed by atoms with Crippen LogP contribution in [0.15, 0.2) is 0 Å². The van der Waals surface area contributed by atoms with Crippen LogP contribution in [0.1, 0.15) is 40.5 Å². The zero-order valence-corrected chi connectivity index (χ0v) is 11.9. The van der Waals surface area contributed by atoms with E-state index in [2.05, 4.69) is 45.0 Å². The predicted molar refractivity (Wildman–Crippen MR) is 70.8 cm³/mol. The highest BCUT2D eigenvalue weighted by molar-refractivity contribution is 5.84. The van der Waals surface area contributed by atoms with Gasteiger partial charge in [-0.05, 0) is 34.2 Å². The largest absolute Gasteiger partial charge is 0.325 e. The highest BCUT2D eigenvalue weighted by Crippen LogP contribution is 2.14. The van der Waals surface area contributed by atoms with Crippen molar-refractivity contribution in [2.24, 2.45) is 0 Å². The van der Waals surface area contributed by atoms with E-state index in [9.17, 15) is 4.79 Å². The average molecular weight is 241 g/mol. The van der Waals surface area contributed by atoms with Gasteiger partial charge in [0.1, 0.15) is 0 Å². The molecule has 1 N–H and O–H groups in total. The van der Waals surface area contributed by atoms with Crippen LogP contribution >= 0.6 is 0 Å². The van der Waals surface area contributed by atoms with Crippen LogP contribution < -0.4 is 5.32 Å². The van der Waals surface area contributed by atoms with Gasteiger partial charge in [-0.3, -0.25) is 10.1 Å². The summed E-state index contributed by atoms with van der Waals surface area (Å²) in [6, 6.07) is 0.571. The molecule has 2 unspecified atom stereocenters. The number of nitrogens with one attached hydrogen (secondary N) is 1. The minimum absolute atomic E-state index is 0.0411. The summed E-state index contributed by atoms with van der Waals surface area (Å²) in [7, 11) is 2.10. The first-order chi connectivity index (χ1) is 7.97. The molecule has 100 valence electrons. The Bertz CT molecular complexity index is 255. The molecule has 0 bridgehead atoms. The topological polar surface area (TPSA) is 35.6 Å². The van der Waals surface area contributed by atoms with Crippen molar-refractivity contribution in [3.8, 4) is 0 Å². The van der Waals surface area contributed by atoms with Crippen LogP contribution in [0.2, 0.25) is 0 Å². The van der Waals surface area contributed by atoms with Crippen molar-refractivity contribution in [2.45, 2.75) is 58.8 Å². The van der Waals surface area contributed by atoms with E-state index in [1.807, 2.05) is 4.90 Å². The molecule has 1 heterocycles. The average Bonchev–Trinajstić information content (AvgIpc) is 2.52. The number of amides is 1. The van der Waals surface area contributed by atoms with Gasteiger partial charge in [-0.2, -0.15) is 0 Å². The van der Waals surface area contributed by atoms with Crippen molar-refractivity contribution in [1.82, 2.24) is 15.1 Å². The van der Waals surface area contributed by atoms with Gasteiger partial charge in [-0.25, -0.2) is 0 Å². The van der Waals surface area contributed by atoms with E-state index in [0.717, 1.165) is 25.9 Å². The van der Waals surface area contributed by atoms with Gasteiger partial charge in [0.2, 0.25) is 5.91 Å². The Morgan fingerprint density at radius 3 is 2.65 bits per heavy atom. The summed E-state index contributed by atoms with van der Waals surface area (Å²) in [6.07, 6.45) is 2.18. The maximum absolute atomic E-state index is 12.1.